The van der Waals surface area contributed by atoms with E-state index in [0.29, 0.717) is 0 Å². The van der Waals surface area contributed by atoms with Crippen molar-refractivity contribution < 1.29 is 0 Å². The Morgan fingerprint density at radius 1 is 1.25 bits per heavy atom. The Balaban J connectivity index is 1.59. The fourth-order valence-corrected chi connectivity index (χ4v) is 3.13. The van der Waals surface area contributed by atoms with Crippen molar-refractivity contribution in [3.63, 3.8) is 0 Å². The van der Waals surface area contributed by atoms with Gasteiger partial charge in [-0.25, -0.2) is 0 Å². The maximum Gasteiger partial charge on any atom is 0.0462 e. The third-order valence-corrected chi connectivity index (χ3v) is 4.60. The molecule has 1 aromatic carbocycles. The van der Waals surface area contributed by atoms with Crippen LogP contribution in [0.4, 0.5) is 0 Å². The molecule has 0 aromatic heterocycles. The Kier molecular flexibility index (Phi) is 6.78. The van der Waals surface area contributed by atoms with Crippen molar-refractivity contribution in [1.29, 1.82) is 0 Å². The summed E-state index contributed by atoms with van der Waals surface area (Å²) >= 11 is 9.62. The largest absolute Gasteiger partial charge is 0.313 e. The van der Waals surface area contributed by atoms with E-state index in [1.54, 1.807) is 0 Å². The monoisotopic (exact) mass is 359 g/mol. The van der Waals surface area contributed by atoms with Gasteiger partial charge in [-0.1, -0.05) is 33.6 Å². The Hall–Kier alpha value is -0.130. The second kappa shape index (κ2) is 8.35. The van der Waals surface area contributed by atoms with Crippen LogP contribution in [0, 0.1) is 0 Å². The summed E-state index contributed by atoms with van der Waals surface area (Å²) in [5, 5.41) is 4.30. The lowest BCUT2D eigenvalue weighted by molar-refractivity contribution is 0.153. The minimum atomic E-state index is 0.825. The maximum absolute atomic E-state index is 6.19. The highest BCUT2D eigenvalue weighted by atomic mass is 79.9. The van der Waals surface area contributed by atoms with Gasteiger partial charge in [-0.3, -0.25) is 0 Å². The second-order valence-electron chi connectivity index (χ2n) is 5.41. The molecular formula is C15H23BrClN3. The van der Waals surface area contributed by atoms with Gasteiger partial charge in [0.05, 0.1) is 0 Å². The molecule has 0 aliphatic carbocycles. The summed E-state index contributed by atoms with van der Waals surface area (Å²) in [6, 6.07) is 6.05. The van der Waals surface area contributed by atoms with Crippen molar-refractivity contribution in [3.8, 4) is 0 Å². The van der Waals surface area contributed by atoms with Crippen LogP contribution in [-0.2, 0) is 6.54 Å². The van der Waals surface area contributed by atoms with Gasteiger partial charge in [0.15, 0.2) is 0 Å². The van der Waals surface area contributed by atoms with Gasteiger partial charge in [0, 0.05) is 42.2 Å². The van der Waals surface area contributed by atoms with Gasteiger partial charge < -0.3 is 15.1 Å². The van der Waals surface area contributed by atoms with Crippen LogP contribution in [0.2, 0.25) is 5.02 Å². The minimum absolute atomic E-state index is 0.825. The Bertz CT molecular complexity index is 420. The van der Waals surface area contributed by atoms with Crippen LogP contribution in [0.25, 0.3) is 0 Å². The molecule has 0 radical (unpaired) electrons. The number of nitrogens with one attached hydrogen (secondary N) is 1. The molecule has 1 N–H and O–H groups in total. The van der Waals surface area contributed by atoms with Gasteiger partial charge in [-0.15, -0.1) is 0 Å². The molecule has 1 heterocycles. The Morgan fingerprint density at radius 2 is 2.00 bits per heavy atom. The maximum atomic E-state index is 6.19. The molecule has 1 saturated heterocycles. The van der Waals surface area contributed by atoms with Gasteiger partial charge in [0.2, 0.25) is 0 Å². The molecule has 1 fully saturated rings. The molecule has 112 valence electrons. The number of hydrogen-bond acceptors (Lipinski definition) is 3. The van der Waals surface area contributed by atoms with Crippen molar-refractivity contribution in [2.24, 2.45) is 0 Å². The standard InChI is InChI=1S/C15H23BrClN3/c1-19-7-9-20(10-8-19)6-2-5-18-12-13-3-4-14(16)11-15(13)17/h3-4,11,18H,2,5-10,12H2,1H3. The first-order valence-corrected chi connectivity index (χ1v) is 8.38. The lowest BCUT2D eigenvalue weighted by Crippen LogP contribution is -2.45. The quantitative estimate of drug-likeness (QED) is 0.787. The number of hydrogen-bond donors (Lipinski definition) is 1. The SMILES string of the molecule is CN1CCN(CCCNCc2ccc(Br)cc2Cl)CC1. The highest BCUT2D eigenvalue weighted by Crippen LogP contribution is 2.21. The van der Waals surface area contributed by atoms with Crippen molar-refractivity contribution in [2.75, 3.05) is 46.3 Å². The van der Waals surface area contributed by atoms with E-state index >= 15 is 0 Å². The van der Waals surface area contributed by atoms with Crippen molar-refractivity contribution in [1.82, 2.24) is 15.1 Å². The Labute approximate surface area is 135 Å². The molecule has 0 saturated carbocycles. The molecular weight excluding hydrogens is 338 g/mol. The molecule has 1 aliphatic heterocycles. The number of rotatable bonds is 6. The van der Waals surface area contributed by atoms with Crippen LogP contribution in [0.1, 0.15) is 12.0 Å². The summed E-state index contributed by atoms with van der Waals surface area (Å²) in [6.45, 7) is 7.87. The van der Waals surface area contributed by atoms with Gasteiger partial charge in [-0.2, -0.15) is 0 Å². The number of halogens is 2. The first kappa shape index (κ1) is 16.2. The van der Waals surface area contributed by atoms with Crippen molar-refractivity contribution >= 4 is 27.5 Å². The highest BCUT2D eigenvalue weighted by molar-refractivity contribution is 9.10. The lowest BCUT2D eigenvalue weighted by Gasteiger charge is -2.32. The van der Waals surface area contributed by atoms with Gasteiger partial charge in [0.25, 0.3) is 0 Å². The number of piperazine rings is 1. The third-order valence-electron chi connectivity index (χ3n) is 3.75. The molecule has 0 bridgehead atoms. The zero-order valence-corrected chi connectivity index (χ0v) is 14.4. The van der Waals surface area contributed by atoms with Crippen LogP contribution in [0.3, 0.4) is 0 Å². The molecule has 3 nitrogen and oxygen atoms in total. The summed E-state index contributed by atoms with van der Waals surface area (Å²) in [5.74, 6) is 0. The third kappa shape index (κ3) is 5.34. The van der Waals surface area contributed by atoms with E-state index in [0.717, 1.165) is 28.1 Å². The molecule has 5 heteroatoms. The molecule has 0 unspecified atom stereocenters. The van der Waals surface area contributed by atoms with Crippen LogP contribution < -0.4 is 5.32 Å². The van der Waals surface area contributed by atoms with Crippen molar-refractivity contribution in [2.45, 2.75) is 13.0 Å². The van der Waals surface area contributed by atoms with E-state index in [4.69, 9.17) is 11.6 Å². The van der Waals surface area contributed by atoms with Crippen LogP contribution in [0.15, 0.2) is 22.7 Å². The van der Waals surface area contributed by atoms with Gasteiger partial charge in [-0.05, 0) is 44.3 Å². The first-order valence-electron chi connectivity index (χ1n) is 7.21. The first-order chi connectivity index (χ1) is 9.65. The summed E-state index contributed by atoms with van der Waals surface area (Å²) < 4.78 is 1.03. The Morgan fingerprint density at radius 3 is 2.70 bits per heavy atom. The smallest absolute Gasteiger partial charge is 0.0462 e. The lowest BCUT2D eigenvalue weighted by atomic mass is 10.2. The summed E-state index contributed by atoms with van der Waals surface area (Å²) in [4.78, 5) is 4.94. The number of benzene rings is 1. The zero-order chi connectivity index (χ0) is 14.4. The predicted octanol–water partition coefficient (Wildman–Crippen LogP) is 2.83. The summed E-state index contributed by atoms with van der Waals surface area (Å²) in [6.07, 6.45) is 1.19. The van der Waals surface area contributed by atoms with E-state index in [1.165, 1.54) is 39.1 Å². The van der Waals surface area contributed by atoms with E-state index in [-0.39, 0.29) is 0 Å². The fourth-order valence-electron chi connectivity index (χ4n) is 2.39. The van der Waals surface area contributed by atoms with Gasteiger partial charge >= 0.3 is 0 Å². The molecule has 20 heavy (non-hydrogen) atoms. The number of nitrogens with zero attached hydrogens (tertiary/aromatic N) is 2. The average Bonchev–Trinajstić information content (AvgIpc) is 2.42. The predicted molar refractivity (Wildman–Crippen MR) is 89.4 cm³/mol. The summed E-state index contributed by atoms with van der Waals surface area (Å²) in [5.41, 5.74) is 1.16. The average molecular weight is 361 g/mol. The van der Waals surface area contributed by atoms with E-state index in [2.05, 4.69) is 44.2 Å². The molecule has 0 spiro atoms. The number of likely N-dealkylation sites (N-methyl/N-ethyl adjacent to an activating group) is 1. The molecule has 0 atom stereocenters. The van der Waals surface area contributed by atoms with E-state index in [1.807, 2.05) is 12.1 Å². The molecule has 2 rings (SSSR count). The topological polar surface area (TPSA) is 18.5 Å². The minimum Gasteiger partial charge on any atom is -0.313 e. The van der Waals surface area contributed by atoms with Gasteiger partial charge in [0.1, 0.15) is 0 Å². The fraction of sp³-hybridized carbons (Fsp3) is 0.600. The second-order valence-corrected chi connectivity index (χ2v) is 6.73. The molecule has 1 aliphatic rings. The zero-order valence-electron chi connectivity index (χ0n) is 12.0. The molecule has 1 aromatic rings. The van der Waals surface area contributed by atoms with Crippen molar-refractivity contribution in [3.05, 3.63) is 33.3 Å². The van der Waals surface area contributed by atoms with Crippen LogP contribution in [-0.4, -0.2) is 56.1 Å². The normalized spacial score (nSPS) is 17.6. The van der Waals surface area contributed by atoms with Crippen LogP contribution >= 0.6 is 27.5 Å². The van der Waals surface area contributed by atoms with E-state index in [9.17, 15) is 0 Å². The van der Waals surface area contributed by atoms with Crippen LogP contribution in [0.5, 0.6) is 0 Å². The molecule has 0 amide bonds. The van der Waals surface area contributed by atoms with E-state index < -0.39 is 0 Å². The summed E-state index contributed by atoms with van der Waals surface area (Å²) in [7, 11) is 2.20. The highest BCUT2D eigenvalue weighted by Gasteiger charge is 2.12.